The second-order valence-corrected chi connectivity index (χ2v) is 1.96. The van der Waals surface area contributed by atoms with Crippen molar-refractivity contribution >= 4 is 11.9 Å². The number of nitrogens with one attached hydrogen (secondary N) is 1. The Labute approximate surface area is 64.3 Å². The van der Waals surface area contributed by atoms with Crippen LogP contribution in [0.25, 0.3) is 0 Å². The number of carboxylic acids is 1. The molecule has 0 amide bonds. The second-order valence-electron chi connectivity index (χ2n) is 1.96. The molecule has 0 saturated heterocycles. The summed E-state index contributed by atoms with van der Waals surface area (Å²) < 4.78 is 4.29. The van der Waals surface area contributed by atoms with Gasteiger partial charge in [-0.25, -0.2) is 0 Å². The molecule has 1 atom stereocenters. The number of carboxylic acid groups (broad SMARTS) is 1. The molecule has 0 radical (unpaired) electrons. The minimum Gasteiger partial charge on any atom is -0.480 e. The van der Waals surface area contributed by atoms with Crippen LogP contribution >= 0.6 is 0 Å². The molecule has 1 unspecified atom stereocenters. The molecule has 64 valence electrons. The van der Waals surface area contributed by atoms with Gasteiger partial charge in [0.1, 0.15) is 6.04 Å². The number of aliphatic carboxylic acids is 1. The normalized spacial score (nSPS) is 12.2. The van der Waals surface area contributed by atoms with Crippen molar-refractivity contribution in [2.45, 2.75) is 12.5 Å². The van der Waals surface area contributed by atoms with Crippen LogP contribution in [0.5, 0.6) is 0 Å². The van der Waals surface area contributed by atoms with Crippen LogP contribution in [0.3, 0.4) is 0 Å². The van der Waals surface area contributed by atoms with Crippen molar-refractivity contribution in [1.29, 1.82) is 0 Å². The van der Waals surface area contributed by atoms with Crippen LogP contribution in [0.1, 0.15) is 6.42 Å². The van der Waals surface area contributed by atoms with Crippen LogP contribution in [0.15, 0.2) is 0 Å². The summed E-state index contributed by atoms with van der Waals surface area (Å²) in [5.74, 6) is -1.59. The molecule has 5 heteroatoms. The minimum absolute atomic E-state index is 0.150. The van der Waals surface area contributed by atoms with Crippen molar-refractivity contribution in [2.75, 3.05) is 14.2 Å². The number of methoxy groups -OCH3 is 1. The fourth-order valence-electron chi connectivity index (χ4n) is 0.563. The van der Waals surface area contributed by atoms with Gasteiger partial charge in [0.2, 0.25) is 0 Å². The molecule has 0 aliphatic carbocycles. The van der Waals surface area contributed by atoms with Crippen LogP contribution in [-0.4, -0.2) is 37.2 Å². The lowest BCUT2D eigenvalue weighted by Crippen LogP contribution is -2.36. The molecule has 2 N–H and O–H groups in total. The number of carbonyl (C=O) groups is 2. The molecule has 0 bridgehead atoms. The average Bonchev–Trinajstić information content (AvgIpc) is 1.99. The number of hydrogen-bond donors (Lipinski definition) is 2. The maximum Gasteiger partial charge on any atom is 0.321 e. The van der Waals surface area contributed by atoms with E-state index in [4.69, 9.17) is 5.11 Å². The lowest BCUT2D eigenvalue weighted by atomic mass is 10.2. The Balaban J connectivity index is 3.88. The third-order valence-electron chi connectivity index (χ3n) is 1.25. The van der Waals surface area contributed by atoms with Crippen LogP contribution in [-0.2, 0) is 14.3 Å². The van der Waals surface area contributed by atoms with E-state index in [1.165, 1.54) is 14.2 Å². The first-order valence-corrected chi connectivity index (χ1v) is 3.08. The molecular weight excluding hydrogens is 150 g/mol. The summed E-state index contributed by atoms with van der Waals surface area (Å²) >= 11 is 0. The van der Waals surface area contributed by atoms with Crippen molar-refractivity contribution < 1.29 is 19.4 Å². The predicted octanol–water partition coefficient (Wildman–Crippen LogP) is -0.778. The summed E-state index contributed by atoms with van der Waals surface area (Å²) in [6.07, 6.45) is -0.150. The summed E-state index contributed by atoms with van der Waals surface area (Å²) in [7, 11) is 2.69. The number of esters is 1. The minimum atomic E-state index is -1.06. The van der Waals surface area contributed by atoms with Crippen molar-refractivity contribution in [3.8, 4) is 0 Å². The monoisotopic (exact) mass is 161 g/mol. The van der Waals surface area contributed by atoms with Gasteiger partial charge < -0.3 is 15.2 Å². The summed E-state index contributed by atoms with van der Waals surface area (Å²) in [6.45, 7) is 0. The van der Waals surface area contributed by atoms with Gasteiger partial charge in [0.05, 0.1) is 13.5 Å². The first kappa shape index (κ1) is 9.90. The largest absolute Gasteiger partial charge is 0.480 e. The Morgan fingerprint density at radius 3 is 2.45 bits per heavy atom. The highest BCUT2D eigenvalue weighted by atomic mass is 16.5. The predicted molar refractivity (Wildman–Crippen MR) is 37.1 cm³/mol. The molecule has 0 aromatic carbocycles. The number of carbonyl (C=O) groups excluding carboxylic acids is 1. The maximum atomic E-state index is 10.6. The molecule has 0 aliphatic heterocycles. The van der Waals surface area contributed by atoms with Gasteiger partial charge in [0.15, 0.2) is 0 Å². The van der Waals surface area contributed by atoms with E-state index >= 15 is 0 Å². The van der Waals surface area contributed by atoms with Gasteiger partial charge in [-0.3, -0.25) is 9.59 Å². The van der Waals surface area contributed by atoms with Gasteiger partial charge in [-0.15, -0.1) is 0 Å². The molecule has 0 aliphatic rings. The molecule has 0 aromatic rings. The van der Waals surface area contributed by atoms with E-state index in [-0.39, 0.29) is 6.42 Å². The quantitative estimate of drug-likeness (QED) is 0.529. The number of rotatable bonds is 4. The van der Waals surface area contributed by atoms with E-state index in [2.05, 4.69) is 10.1 Å². The number of hydrogen-bond acceptors (Lipinski definition) is 4. The third kappa shape index (κ3) is 3.57. The molecule has 5 nitrogen and oxygen atoms in total. The fraction of sp³-hybridized carbons (Fsp3) is 0.667. The lowest BCUT2D eigenvalue weighted by Gasteiger charge is -2.08. The third-order valence-corrected chi connectivity index (χ3v) is 1.25. The SMILES string of the molecule is CNC(CC(=O)OC)C(=O)O. The Kier molecular flexibility index (Phi) is 4.21. The highest BCUT2D eigenvalue weighted by Crippen LogP contribution is 1.92. The van der Waals surface area contributed by atoms with Crippen molar-refractivity contribution in [3.05, 3.63) is 0 Å². The molecule has 0 aromatic heterocycles. The molecule has 0 fully saturated rings. The maximum absolute atomic E-state index is 10.6. The molecule has 0 spiro atoms. The Morgan fingerprint density at radius 1 is 1.64 bits per heavy atom. The zero-order chi connectivity index (χ0) is 8.85. The highest BCUT2D eigenvalue weighted by molar-refractivity contribution is 5.81. The Bertz CT molecular complexity index is 157. The van der Waals surface area contributed by atoms with E-state index in [1.807, 2.05) is 0 Å². The Morgan fingerprint density at radius 2 is 2.18 bits per heavy atom. The van der Waals surface area contributed by atoms with E-state index in [9.17, 15) is 9.59 Å². The summed E-state index contributed by atoms with van der Waals surface area (Å²) in [6, 6.07) is -0.859. The van der Waals surface area contributed by atoms with Crippen molar-refractivity contribution in [2.24, 2.45) is 0 Å². The fourth-order valence-corrected chi connectivity index (χ4v) is 0.563. The van der Waals surface area contributed by atoms with Gasteiger partial charge in [-0.1, -0.05) is 0 Å². The highest BCUT2D eigenvalue weighted by Gasteiger charge is 2.18. The molecule has 0 rings (SSSR count). The van der Waals surface area contributed by atoms with E-state index in [0.717, 1.165) is 0 Å². The van der Waals surface area contributed by atoms with Crippen LogP contribution in [0, 0.1) is 0 Å². The van der Waals surface area contributed by atoms with Crippen LogP contribution < -0.4 is 5.32 Å². The van der Waals surface area contributed by atoms with Crippen LogP contribution in [0.2, 0.25) is 0 Å². The molecule has 11 heavy (non-hydrogen) atoms. The summed E-state index contributed by atoms with van der Waals surface area (Å²) in [5, 5.41) is 10.9. The Hall–Kier alpha value is -1.10. The first-order valence-electron chi connectivity index (χ1n) is 3.08. The van der Waals surface area contributed by atoms with Crippen LogP contribution in [0.4, 0.5) is 0 Å². The number of ether oxygens (including phenoxy) is 1. The molecule has 0 saturated carbocycles. The molecular formula is C6H11NO4. The van der Waals surface area contributed by atoms with E-state index in [0.29, 0.717) is 0 Å². The zero-order valence-electron chi connectivity index (χ0n) is 6.46. The second kappa shape index (κ2) is 4.68. The van der Waals surface area contributed by atoms with Gasteiger partial charge in [-0.05, 0) is 7.05 Å². The topological polar surface area (TPSA) is 75.6 Å². The zero-order valence-corrected chi connectivity index (χ0v) is 6.46. The van der Waals surface area contributed by atoms with Crippen molar-refractivity contribution in [1.82, 2.24) is 5.32 Å². The van der Waals surface area contributed by atoms with Gasteiger partial charge in [0.25, 0.3) is 0 Å². The summed E-state index contributed by atoms with van der Waals surface area (Å²) in [5.41, 5.74) is 0. The van der Waals surface area contributed by atoms with Gasteiger partial charge >= 0.3 is 11.9 Å². The average molecular weight is 161 g/mol. The first-order chi connectivity index (χ1) is 5.11. The van der Waals surface area contributed by atoms with E-state index < -0.39 is 18.0 Å². The van der Waals surface area contributed by atoms with Crippen molar-refractivity contribution in [3.63, 3.8) is 0 Å². The molecule has 0 heterocycles. The smallest absolute Gasteiger partial charge is 0.321 e. The lowest BCUT2D eigenvalue weighted by molar-refractivity contribution is -0.147. The standard InChI is InChI=1S/C6H11NO4/c1-7-4(6(9)10)3-5(8)11-2/h4,7H,3H2,1-2H3,(H,9,10). The summed E-state index contributed by atoms with van der Waals surface area (Å²) in [4.78, 5) is 20.9. The van der Waals surface area contributed by atoms with E-state index in [1.54, 1.807) is 0 Å². The number of likely N-dealkylation sites (N-methyl/N-ethyl adjacent to an activating group) is 1. The van der Waals surface area contributed by atoms with Gasteiger partial charge in [0, 0.05) is 0 Å². The van der Waals surface area contributed by atoms with Gasteiger partial charge in [-0.2, -0.15) is 0 Å².